The number of H-pyrrole nitrogens is 1. The van der Waals surface area contributed by atoms with Crippen LogP contribution in [0, 0.1) is 5.92 Å². The number of hydrogen-bond donors (Lipinski definition) is 8. The molecule has 4 amide bonds. The first kappa shape index (κ1) is 32.6. The number of phenolic OH excluding ortho intramolecular Hbond substituents is 1. The van der Waals surface area contributed by atoms with Crippen LogP contribution >= 0.6 is 0 Å². The Kier molecular flexibility index (Phi) is 11.2. The second-order valence-corrected chi connectivity index (χ2v) is 10.7. The summed E-state index contributed by atoms with van der Waals surface area (Å²) in [5.41, 5.74) is 13.1. The lowest BCUT2D eigenvalue weighted by Gasteiger charge is -2.27. The van der Waals surface area contributed by atoms with Crippen molar-refractivity contribution in [3.05, 3.63) is 65.9 Å². The number of para-hydroxylation sites is 1. The number of amides is 4. The van der Waals surface area contributed by atoms with Crippen LogP contribution in [0.1, 0.15) is 37.8 Å². The van der Waals surface area contributed by atoms with Crippen molar-refractivity contribution < 1.29 is 34.2 Å². The second-order valence-electron chi connectivity index (χ2n) is 10.7. The zero-order chi connectivity index (χ0) is 31.7. The second kappa shape index (κ2) is 14.8. The first-order valence-electron chi connectivity index (χ1n) is 13.9. The summed E-state index contributed by atoms with van der Waals surface area (Å²) in [4.78, 5) is 65.9. The summed E-state index contributed by atoms with van der Waals surface area (Å²) in [5, 5.41) is 28.2. The molecule has 0 spiro atoms. The van der Waals surface area contributed by atoms with E-state index in [4.69, 9.17) is 11.5 Å². The minimum Gasteiger partial charge on any atom is -0.508 e. The number of benzene rings is 2. The molecule has 3 aromatic rings. The van der Waals surface area contributed by atoms with Gasteiger partial charge in [-0.25, -0.2) is 4.79 Å². The highest BCUT2D eigenvalue weighted by molar-refractivity contribution is 5.94. The average molecular weight is 595 g/mol. The fourth-order valence-electron chi connectivity index (χ4n) is 4.56. The fourth-order valence-corrected chi connectivity index (χ4v) is 4.56. The number of nitrogens with one attached hydrogen (secondary N) is 4. The van der Waals surface area contributed by atoms with E-state index in [2.05, 4.69) is 20.9 Å². The van der Waals surface area contributed by atoms with E-state index in [0.717, 1.165) is 10.9 Å². The zero-order valence-electron chi connectivity index (χ0n) is 24.0. The molecule has 1 aromatic heterocycles. The molecule has 0 bridgehead atoms. The smallest absolute Gasteiger partial charge is 0.326 e. The van der Waals surface area contributed by atoms with Crippen LogP contribution in [0.5, 0.6) is 5.75 Å². The molecular formula is C30H38N6O7. The van der Waals surface area contributed by atoms with Crippen LogP contribution in [0.3, 0.4) is 0 Å². The van der Waals surface area contributed by atoms with E-state index in [1.807, 2.05) is 24.3 Å². The summed E-state index contributed by atoms with van der Waals surface area (Å²) in [5.74, 6) is -4.39. The van der Waals surface area contributed by atoms with Crippen LogP contribution < -0.4 is 27.4 Å². The van der Waals surface area contributed by atoms with E-state index in [9.17, 15) is 34.2 Å². The van der Waals surface area contributed by atoms with E-state index in [0.29, 0.717) is 11.1 Å². The van der Waals surface area contributed by atoms with Gasteiger partial charge < -0.3 is 42.6 Å². The molecule has 0 radical (unpaired) electrons. The Morgan fingerprint density at radius 1 is 0.860 bits per heavy atom. The molecular weight excluding hydrogens is 556 g/mol. The minimum atomic E-state index is -1.31. The SMILES string of the molecule is CC(C)C(NC(=O)C(N)CCC(N)=O)C(=O)NC(Cc1ccc(O)cc1)C(=O)NC(Cc1c[nH]c2ccccc12)C(=O)O. The number of nitrogens with two attached hydrogens (primary N) is 2. The molecule has 3 rings (SSSR count). The number of aromatic hydroxyl groups is 1. The number of carboxylic acid groups (broad SMARTS) is 1. The molecule has 13 heteroatoms. The summed E-state index contributed by atoms with van der Waals surface area (Å²) in [6, 6.07) is 8.63. The van der Waals surface area contributed by atoms with Crippen molar-refractivity contribution in [1.82, 2.24) is 20.9 Å². The predicted octanol–water partition coefficient (Wildman–Crippen LogP) is 0.447. The standard InChI is InChI=1S/C30H38N6O7/c1-16(2)26(36-27(39)21(31)11-12-25(32)38)29(41)34-23(13-17-7-9-19(37)10-8-17)28(40)35-24(30(42)43)14-18-15-33-22-6-4-3-5-20(18)22/h3-10,15-16,21,23-24,26,33,37H,11-14,31H2,1-2H3,(H2,32,38)(H,34,41)(H,35,40)(H,36,39)(H,42,43). The van der Waals surface area contributed by atoms with Gasteiger partial charge in [0.1, 0.15) is 23.9 Å². The lowest BCUT2D eigenvalue weighted by Crippen LogP contribution is -2.59. The highest BCUT2D eigenvalue weighted by atomic mass is 16.4. The summed E-state index contributed by atoms with van der Waals surface area (Å²) >= 11 is 0. The minimum absolute atomic E-state index is 0.00745. The van der Waals surface area contributed by atoms with Crippen LogP contribution in [0.15, 0.2) is 54.7 Å². The van der Waals surface area contributed by atoms with Crippen molar-refractivity contribution in [2.75, 3.05) is 0 Å². The van der Waals surface area contributed by atoms with Gasteiger partial charge in [0.15, 0.2) is 0 Å². The van der Waals surface area contributed by atoms with E-state index in [-0.39, 0.29) is 31.4 Å². The Morgan fingerprint density at radius 3 is 2.14 bits per heavy atom. The number of phenols is 1. The predicted molar refractivity (Wildman–Crippen MR) is 158 cm³/mol. The van der Waals surface area contributed by atoms with Crippen LogP contribution in [-0.2, 0) is 36.8 Å². The van der Waals surface area contributed by atoms with Gasteiger partial charge >= 0.3 is 5.97 Å². The van der Waals surface area contributed by atoms with Gasteiger partial charge in [-0.1, -0.05) is 44.2 Å². The van der Waals surface area contributed by atoms with Crippen molar-refractivity contribution in [3.63, 3.8) is 0 Å². The van der Waals surface area contributed by atoms with Crippen molar-refractivity contribution in [1.29, 1.82) is 0 Å². The summed E-state index contributed by atoms with van der Waals surface area (Å²) in [6.45, 7) is 3.38. The van der Waals surface area contributed by atoms with Gasteiger partial charge in [-0.05, 0) is 41.7 Å². The molecule has 0 aliphatic heterocycles. The topological polar surface area (TPSA) is 230 Å². The van der Waals surface area contributed by atoms with Crippen LogP contribution in [0.25, 0.3) is 10.9 Å². The first-order valence-corrected chi connectivity index (χ1v) is 13.9. The molecule has 0 saturated carbocycles. The van der Waals surface area contributed by atoms with Crippen LogP contribution in [0.2, 0.25) is 0 Å². The monoisotopic (exact) mass is 594 g/mol. The summed E-state index contributed by atoms with van der Waals surface area (Å²) in [6.07, 6.45) is 1.53. The summed E-state index contributed by atoms with van der Waals surface area (Å²) in [7, 11) is 0. The van der Waals surface area contributed by atoms with Gasteiger partial charge in [0, 0.05) is 36.4 Å². The van der Waals surface area contributed by atoms with Gasteiger partial charge in [-0.15, -0.1) is 0 Å². The highest BCUT2D eigenvalue weighted by Gasteiger charge is 2.32. The zero-order valence-corrected chi connectivity index (χ0v) is 24.0. The van der Waals surface area contributed by atoms with Crippen LogP contribution in [0.4, 0.5) is 0 Å². The maximum atomic E-state index is 13.5. The Balaban J connectivity index is 1.80. The van der Waals surface area contributed by atoms with Crippen molar-refractivity contribution in [3.8, 4) is 5.75 Å². The number of carbonyl (C=O) groups excluding carboxylic acids is 4. The Hall–Kier alpha value is -4.91. The quantitative estimate of drug-likeness (QED) is 0.123. The average Bonchev–Trinajstić information content (AvgIpc) is 3.37. The van der Waals surface area contributed by atoms with Gasteiger partial charge in [-0.2, -0.15) is 0 Å². The molecule has 0 saturated heterocycles. The lowest BCUT2D eigenvalue weighted by molar-refractivity contribution is -0.142. The van der Waals surface area contributed by atoms with Gasteiger partial charge in [0.2, 0.25) is 23.6 Å². The Morgan fingerprint density at radius 2 is 1.51 bits per heavy atom. The van der Waals surface area contributed by atoms with E-state index < -0.39 is 59.7 Å². The van der Waals surface area contributed by atoms with E-state index in [1.165, 1.54) is 12.1 Å². The molecule has 13 nitrogen and oxygen atoms in total. The lowest BCUT2D eigenvalue weighted by atomic mass is 9.99. The van der Waals surface area contributed by atoms with Crippen molar-refractivity contribution in [2.45, 2.75) is 63.7 Å². The number of aliphatic carboxylic acids is 1. The highest BCUT2D eigenvalue weighted by Crippen LogP contribution is 2.19. The number of aromatic nitrogens is 1. The number of carboxylic acids is 1. The third-order valence-electron chi connectivity index (χ3n) is 7.01. The molecule has 4 unspecified atom stereocenters. The first-order chi connectivity index (χ1) is 20.3. The molecule has 0 fully saturated rings. The molecule has 230 valence electrons. The maximum Gasteiger partial charge on any atom is 0.326 e. The molecule has 1 heterocycles. The number of aromatic amines is 1. The molecule has 0 aliphatic carbocycles. The van der Waals surface area contributed by atoms with Gasteiger partial charge in [0.25, 0.3) is 0 Å². The fraction of sp³-hybridized carbons (Fsp3) is 0.367. The largest absolute Gasteiger partial charge is 0.508 e. The number of hydrogen-bond acceptors (Lipinski definition) is 7. The van der Waals surface area contributed by atoms with E-state index >= 15 is 0 Å². The Labute approximate surface area is 248 Å². The third-order valence-corrected chi connectivity index (χ3v) is 7.01. The molecule has 43 heavy (non-hydrogen) atoms. The number of carbonyl (C=O) groups is 5. The van der Waals surface area contributed by atoms with Crippen molar-refractivity contribution in [2.24, 2.45) is 17.4 Å². The molecule has 0 aliphatic rings. The number of primary amides is 1. The van der Waals surface area contributed by atoms with Gasteiger partial charge in [0.05, 0.1) is 6.04 Å². The third kappa shape index (κ3) is 9.30. The molecule has 2 aromatic carbocycles. The molecule has 4 atom stereocenters. The maximum absolute atomic E-state index is 13.5. The number of rotatable bonds is 15. The Bertz CT molecular complexity index is 1450. The number of fused-ring (bicyclic) bond motifs is 1. The molecule has 10 N–H and O–H groups in total. The summed E-state index contributed by atoms with van der Waals surface area (Å²) < 4.78 is 0. The van der Waals surface area contributed by atoms with Gasteiger partial charge in [-0.3, -0.25) is 19.2 Å². The van der Waals surface area contributed by atoms with E-state index in [1.54, 1.807) is 32.2 Å². The normalized spacial score (nSPS) is 14.0. The van der Waals surface area contributed by atoms with Crippen LogP contribution in [-0.4, -0.2) is 69.0 Å². The van der Waals surface area contributed by atoms with Crippen molar-refractivity contribution >= 4 is 40.5 Å².